The lowest BCUT2D eigenvalue weighted by Crippen LogP contribution is -2.33. The molecule has 2 N–H and O–H groups in total. The van der Waals surface area contributed by atoms with Crippen molar-refractivity contribution in [3.63, 3.8) is 0 Å². The van der Waals surface area contributed by atoms with Crippen LogP contribution in [0.25, 0.3) is 0 Å². The first-order valence-corrected chi connectivity index (χ1v) is 9.02. The van der Waals surface area contributed by atoms with Crippen molar-refractivity contribution in [2.45, 2.75) is 24.9 Å². The van der Waals surface area contributed by atoms with E-state index in [1.54, 1.807) is 26.0 Å². The SMILES string of the molecule is Cc1cccc(C)c1NC(=O)CNS(=O)(=O)c1ccc(C(F)(F)F)cc1. The van der Waals surface area contributed by atoms with Crippen molar-refractivity contribution in [1.29, 1.82) is 0 Å². The zero-order valence-corrected chi connectivity index (χ0v) is 14.8. The molecule has 0 bridgehead atoms. The molecular weight excluding hydrogens is 369 g/mol. The maximum Gasteiger partial charge on any atom is 0.416 e. The molecule has 0 aliphatic heterocycles. The Morgan fingerprint density at radius 3 is 2.04 bits per heavy atom. The maximum atomic E-state index is 12.5. The normalized spacial score (nSPS) is 12.0. The third-order valence-electron chi connectivity index (χ3n) is 3.66. The highest BCUT2D eigenvalue weighted by atomic mass is 32.2. The number of hydrogen-bond acceptors (Lipinski definition) is 3. The summed E-state index contributed by atoms with van der Waals surface area (Å²) in [4.78, 5) is 11.6. The van der Waals surface area contributed by atoms with Crippen molar-refractivity contribution in [3.05, 3.63) is 59.2 Å². The molecule has 0 aliphatic carbocycles. The minimum atomic E-state index is -4.55. The van der Waals surface area contributed by atoms with Crippen LogP contribution in [0.3, 0.4) is 0 Å². The fourth-order valence-corrected chi connectivity index (χ4v) is 3.24. The van der Waals surface area contributed by atoms with E-state index in [4.69, 9.17) is 0 Å². The number of anilines is 1. The number of hydrogen-bond donors (Lipinski definition) is 2. The van der Waals surface area contributed by atoms with E-state index in [1.807, 2.05) is 6.07 Å². The molecule has 9 heteroatoms. The third kappa shape index (κ3) is 4.83. The summed E-state index contributed by atoms with van der Waals surface area (Å²) in [5.74, 6) is -0.585. The van der Waals surface area contributed by atoms with Gasteiger partial charge in [-0.2, -0.15) is 13.2 Å². The van der Waals surface area contributed by atoms with Crippen LogP contribution in [0.2, 0.25) is 0 Å². The molecule has 1 amide bonds. The number of carbonyl (C=O) groups is 1. The molecule has 0 fully saturated rings. The molecule has 26 heavy (non-hydrogen) atoms. The quantitative estimate of drug-likeness (QED) is 0.828. The number of amides is 1. The number of benzene rings is 2. The molecule has 2 aromatic rings. The van der Waals surface area contributed by atoms with Gasteiger partial charge in [-0.25, -0.2) is 13.1 Å². The summed E-state index contributed by atoms with van der Waals surface area (Å²) in [5.41, 5.74) is 1.28. The predicted octanol–water partition coefficient (Wildman–Crippen LogP) is 3.24. The van der Waals surface area contributed by atoms with E-state index < -0.39 is 34.2 Å². The molecule has 0 unspecified atom stereocenters. The minimum Gasteiger partial charge on any atom is -0.324 e. The Kier molecular flexibility index (Phi) is 5.72. The molecule has 0 saturated heterocycles. The van der Waals surface area contributed by atoms with Gasteiger partial charge >= 0.3 is 6.18 Å². The molecule has 5 nitrogen and oxygen atoms in total. The van der Waals surface area contributed by atoms with Gasteiger partial charge in [0, 0.05) is 5.69 Å². The van der Waals surface area contributed by atoms with E-state index >= 15 is 0 Å². The number of rotatable bonds is 5. The Morgan fingerprint density at radius 2 is 1.54 bits per heavy atom. The van der Waals surface area contributed by atoms with Crippen LogP contribution in [0.5, 0.6) is 0 Å². The monoisotopic (exact) mass is 386 g/mol. The summed E-state index contributed by atoms with van der Waals surface area (Å²) in [6, 6.07) is 8.46. The summed E-state index contributed by atoms with van der Waals surface area (Å²) >= 11 is 0. The molecule has 0 heterocycles. The number of para-hydroxylation sites is 1. The Balaban J connectivity index is 2.04. The summed E-state index contributed by atoms with van der Waals surface area (Å²) in [6.07, 6.45) is -4.55. The van der Waals surface area contributed by atoms with E-state index in [0.717, 1.165) is 23.3 Å². The Labute approximate surface area is 149 Å². The molecule has 0 saturated carbocycles. The Morgan fingerprint density at radius 1 is 1.00 bits per heavy atom. The standard InChI is InChI=1S/C17H17F3N2O3S/c1-11-4-3-5-12(2)16(11)22-15(23)10-21-26(24,25)14-8-6-13(7-9-14)17(18,19)20/h3-9,21H,10H2,1-2H3,(H,22,23). The number of alkyl halides is 3. The molecule has 0 atom stereocenters. The molecule has 0 spiro atoms. The van der Waals surface area contributed by atoms with Crippen molar-refractivity contribution in [3.8, 4) is 0 Å². The molecular formula is C17H17F3N2O3S. The lowest BCUT2D eigenvalue weighted by molar-refractivity contribution is -0.137. The number of sulfonamides is 1. The summed E-state index contributed by atoms with van der Waals surface area (Å²) in [6.45, 7) is 3.06. The first-order valence-electron chi connectivity index (χ1n) is 7.54. The van der Waals surface area contributed by atoms with Gasteiger partial charge in [0.05, 0.1) is 17.0 Å². The number of carbonyl (C=O) groups excluding carboxylic acids is 1. The molecule has 140 valence electrons. The van der Waals surface area contributed by atoms with E-state index in [2.05, 4.69) is 10.0 Å². The van der Waals surface area contributed by atoms with Gasteiger partial charge < -0.3 is 5.32 Å². The molecule has 2 aromatic carbocycles. The second-order valence-corrected chi connectivity index (χ2v) is 7.43. The fourth-order valence-electron chi connectivity index (χ4n) is 2.26. The van der Waals surface area contributed by atoms with Crippen LogP contribution in [0.4, 0.5) is 18.9 Å². The van der Waals surface area contributed by atoms with Crippen molar-refractivity contribution < 1.29 is 26.4 Å². The van der Waals surface area contributed by atoms with Crippen molar-refractivity contribution in [1.82, 2.24) is 4.72 Å². The molecule has 0 radical (unpaired) electrons. The lowest BCUT2D eigenvalue weighted by atomic mass is 10.1. The van der Waals surface area contributed by atoms with Crippen LogP contribution in [0, 0.1) is 13.8 Å². The van der Waals surface area contributed by atoms with Crippen molar-refractivity contribution >= 4 is 21.6 Å². The van der Waals surface area contributed by atoms with Gasteiger partial charge in [-0.05, 0) is 49.2 Å². The predicted molar refractivity (Wildman–Crippen MR) is 91.2 cm³/mol. The van der Waals surface area contributed by atoms with Gasteiger partial charge in [0.2, 0.25) is 15.9 Å². The highest BCUT2D eigenvalue weighted by Gasteiger charge is 2.30. The second-order valence-electron chi connectivity index (χ2n) is 5.66. The molecule has 2 rings (SSSR count). The van der Waals surface area contributed by atoms with E-state index in [-0.39, 0.29) is 4.90 Å². The van der Waals surface area contributed by atoms with Gasteiger partial charge in [-0.1, -0.05) is 18.2 Å². The topological polar surface area (TPSA) is 75.3 Å². The van der Waals surface area contributed by atoms with Crippen LogP contribution >= 0.6 is 0 Å². The van der Waals surface area contributed by atoms with Gasteiger partial charge in [-0.3, -0.25) is 4.79 Å². The zero-order chi connectivity index (χ0) is 19.5. The summed E-state index contributed by atoms with van der Waals surface area (Å²) in [7, 11) is -4.11. The smallest absolute Gasteiger partial charge is 0.324 e. The van der Waals surface area contributed by atoms with Crippen molar-refractivity contribution in [2.24, 2.45) is 0 Å². The van der Waals surface area contributed by atoms with Gasteiger partial charge in [0.15, 0.2) is 0 Å². The molecule has 0 aromatic heterocycles. The van der Waals surface area contributed by atoms with Crippen LogP contribution < -0.4 is 10.0 Å². The van der Waals surface area contributed by atoms with E-state index in [0.29, 0.717) is 17.8 Å². The van der Waals surface area contributed by atoms with Crippen LogP contribution in [0.1, 0.15) is 16.7 Å². The lowest BCUT2D eigenvalue weighted by Gasteiger charge is -2.12. The molecule has 0 aliphatic rings. The highest BCUT2D eigenvalue weighted by molar-refractivity contribution is 7.89. The van der Waals surface area contributed by atoms with E-state index in [9.17, 15) is 26.4 Å². The van der Waals surface area contributed by atoms with Crippen LogP contribution in [-0.2, 0) is 21.0 Å². The second kappa shape index (κ2) is 7.46. The number of halogens is 3. The summed E-state index contributed by atoms with van der Waals surface area (Å²) in [5, 5.41) is 2.62. The van der Waals surface area contributed by atoms with Gasteiger partial charge in [0.1, 0.15) is 0 Å². The van der Waals surface area contributed by atoms with Gasteiger partial charge in [-0.15, -0.1) is 0 Å². The van der Waals surface area contributed by atoms with E-state index in [1.165, 1.54) is 0 Å². The third-order valence-corrected chi connectivity index (χ3v) is 5.08. The first-order chi connectivity index (χ1) is 12.0. The number of aryl methyl sites for hydroxylation is 2. The van der Waals surface area contributed by atoms with Crippen molar-refractivity contribution in [2.75, 3.05) is 11.9 Å². The Hall–Kier alpha value is -2.39. The summed E-state index contributed by atoms with van der Waals surface area (Å²) < 4.78 is 63.9. The largest absolute Gasteiger partial charge is 0.416 e. The fraction of sp³-hybridized carbons (Fsp3) is 0.235. The van der Waals surface area contributed by atoms with Crippen LogP contribution in [-0.4, -0.2) is 20.9 Å². The number of nitrogens with one attached hydrogen (secondary N) is 2. The van der Waals surface area contributed by atoms with Crippen LogP contribution in [0.15, 0.2) is 47.4 Å². The zero-order valence-electron chi connectivity index (χ0n) is 14.0. The Bertz CT molecular complexity index is 888. The average Bonchev–Trinajstić information content (AvgIpc) is 2.56. The average molecular weight is 386 g/mol. The highest BCUT2D eigenvalue weighted by Crippen LogP contribution is 2.29. The maximum absolute atomic E-state index is 12.5. The first kappa shape index (κ1) is 19.9. The van der Waals surface area contributed by atoms with Gasteiger partial charge in [0.25, 0.3) is 0 Å². The minimum absolute atomic E-state index is 0.356.